The Labute approximate surface area is 106 Å². The Kier molecular flexibility index (Phi) is 3.94. The van der Waals surface area contributed by atoms with E-state index in [4.69, 9.17) is 9.26 Å². The van der Waals surface area contributed by atoms with Gasteiger partial charge in [0.15, 0.2) is 5.82 Å². The maximum absolute atomic E-state index is 5.31. The summed E-state index contributed by atoms with van der Waals surface area (Å²) in [5, 5.41) is 7.00. The molecule has 1 aromatic heterocycles. The molecule has 1 heterocycles. The first-order chi connectivity index (χ1) is 8.74. The van der Waals surface area contributed by atoms with Crippen molar-refractivity contribution in [3.8, 4) is 17.2 Å². The second-order valence-corrected chi connectivity index (χ2v) is 4.07. The largest absolute Gasteiger partial charge is 0.496 e. The first kappa shape index (κ1) is 12.6. The molecule has 0 aliphatic heterocycles. The van der Waals surface area contributed by atoms with Crippen LogP contribution in [0.4, 0.5) is 0 Å². The third kappa shape index (κ3) is 2.68. The van der Waals surface area contributed by atoms with E-state index in [1.807, 2.05) is 32.2 Å². The van der Waals surface area contributed by atoms with Crippen LogP contribution in [0.2, 0.25) is 0 Å². The van der Waals surface area contributed by atoms with Gasteiger partial charge in [0.1, 0.15) is 5.75 Å². The smallest absolute Gasteiger partial charge is 0.261 e. The highest BCUT2D eigenvalue weighted by atomic mass is 16.5. The van der Waals surface area contributed by atoms with Crippen molar-refractivity contribution >= 4 is 0 Å². The molecule has 0 aliphatic rings. The molecule has 96 valence electrons. The van der Waals surface area contributed by atoms with Crippen LogP contribution in [0.3, 0.4) is 0 Å². The van der Waals surface area contributed by atoms with E-state index in [0.29, 0.717) is 11.7 Å². The highest BCUT2D eigenvalue weighted by Gasteiger charge is 2.13. The van der Waals surface area contributed by atoms with Gasteiger partial charge < -0.3 is 14.6 Å². The molecule has 1 aromatic carbocycles. The molecule has 0 radical (unpaired) electrons. The van der Waals surface area contributed by atoms with Crippen molar-refractivity contribution in [2.24, 2.45) is 0 Å². The number of benzene rings is 1. The fourth-order valence-corrected chi connectivity index (χ4v) is 1.69. The molecule has 2 aromatic rings. The SMILES string of the molecule is CNCCc1noc(-c2cc(C)ccc2OC)n1. The molecule has 1 N–H and O–H groups in total. The van der Waals surface area contributed by atoms with Crippen molar-refractivity contribution in [3.63, 3.8) is 0 Å². The van der Waals surface area contributed by atoms with Crippen LogP contribution in [-0.2, 0) is 6.42 Å². The van der Waals surface area contributed by atoms with Gasteiger partial charge in [-0.2, -0.15) is 4.98 Å². The number of aromatic nitrogens is 2. The van der Waals surface area contributed by atoms with Gasteiger partial charge in [-0.15, -0.1) is 0 Å². The summed E-state index contributed by atoms with van der Waals surface area (Å²) in [5.41, 5.74) is 1.96. The number of likely N-dealkylation sites (N-methyl/N-ethyl adjacent to an activating group) is 1. The van der Waals surface area contributed by atoms with Crippen molar-refractivity contribution in [1.29, 1.82) is 0 Å². The van der Waals surface area contributed by atoms with E-state index in [1.54, 1.807) is 7.11 Å². The van der Waals surface area contributed by atoms with Crippen LogP contribution in [0, 0.1) is 6.92 Å². The second-order valence-electron chi connectivity index (χ2n) is 4.07. The minimum absolute atomic E-state index is 0.502. The number of hydrogen-bond acceptors (Lipinski definition) is 5. The van der Waals surface area contributed by atoms with Gasteiger partial charge in [0, 0.05) is 13.0 Å². The zero-order valence-corrected chi connectivity index (χ0v) is 10.9. The molecule has 0 spiro atoms. The molecular weight excluding hydrogens is 230 g/mol. The second kappa shape index (κ2) is 5.64. The number of nitrogens with one attached hydrogen (secondary N) is 1. The zero-order chi connectivity index (χ0) is 13.0. The predicted octanol–water partition coefficient (Wildman–Crippen LogP) is 1.82. The molecule has 0 fully saturated rings. The lowest BCUT2D eigenvalue weighted by Gasteiger charge is -2.05. The summed E-state index contributed by atoms with van der Waals surface area (Å²) in [6.07, 6.45) is 0.744. The van der Waals surface area contributed by atoms with Crippen molar-refractivity contribution < 1.29 is 9.26 Å². The number of nitrogens with zero attached hydrogens (tertiary/aromatic N) is 2. The standard InChI is InChI=1S/C13H17N3O2/c1-9-4-5-11(17-3)10(8-9)13-15-12(16-18-13)6-7-14-2/h4-5,8,14H,6-7H2,1-3H3. The maximum atomic E-state index is 5.31. The van der Waals surface area contributed by atoms with E-state index < -0.39 is 0 Å². The number of hydrogen-bond donors (Lipinski definition) is 1. The third-order valence-corrected chi connectivity index (χ3v) is 2.65. The quantitative estimate of drug-likeness (QED) is 0.873. The van der Waals surface area contributed by atoms with Crippen molar-refractivity contribution in [1.82, 2.24) is 15.5 Å². The molecule has 0 bridgehead atoms. The lowest BCUT2D eigenvalue weighted by atomic mass is 10.1. The van der Waals surface area contributed by atoms with E-state index >= 15 is 0 Å². The monoisotopic (exact) mass is 247 g/mol. The Morgan fingerprint density at radius 3 is 2.94 bits per heavy atom. The minimum Gasteiger partial charge on any atom is -0.496 e. The zero-order valence-electron chi connectivity index (χ0n) is 10.9. The van der Waals surface area contributed by atoms with E-state index in [2.05, 4.69) is 15.5 Å². The number of methoxy groups -OCH3 is 1. The Balaban J connectivity index is 2.30. The first-order valence-electron chi connectivity index (χ1n) is 5.87. The molecule has 2 rings (SSSR count). The molecule has 0 saturated carbocycles. The predicted molar refractivity (Wildman–Crippen MR) is 68.7 cm³/mol. The highest BCUT2D eigenvalue weighted by molar-refractivity contribution is 5.63. The fourth-order valence-electron chi connectivity index (χ4n) is 1.69. The van der Waals surface area contributed by atoms with Crippen LogP contribution < -0.4 is 10.1 Å². The van der Waals surface area contributed by atoms with Gasteiger partial charge in [-0.3, -0.25) is 0 Å². The summed E-state index contributed by atoms with van der Waals surface area (Å²) in [5.74, 6) is 1.94. The lowest BCUT2D eigenvalue weighted by molar-refractivity contribution is 0.402. The Hall–Kier alpha value is -1.88. The van der Waals surface area contributed by atoms with Crippen molar-refractivity contribution in [2.45, 2.75) is 13.3 Å². The van der Waals surface area contributed by atoms with Crippen LogP contribution in [0.1, 0.15) is 11.4 Å². The van der Waals surface area contributed by atoms with Gasteiger partial charge >= 0.3 is 0 Å². The number of aryl methyl sites for hydroxylation is 1. The maximum Gasteiger partial charge on any atom is 0.261 e. The summed E-state index contributed by atoms with van der Waals surface area (Å²) >= 11 is 0. The van der Waals surface area contributed by atoms with Crippen LogP contribution in [0.15, 0.2) is 22.7 Å². The van der Waals surface area contributed by atoms with Crippen LogP contribution in [0.25, 0.3) is 11.5 Å². The average molecular weight is 247 g/mol. The summed E-state index contributed by atoms with van der Waals surface area (Å²) in [6, 6.07) is 5.87. The molecule has 0 saturated heterocycles. The van der Waals surface area contributed by atoms with E-state index in [1.165, 1.54) is 0 Å². The Morgan fingerprint density at radius 2 is 2.22 bits per heavy atom. The molecule has 0 aliphatic carbocycles. The van der Waals surface area contributed by atoms with Gasteiger partial charge in [-0.05, 0) is 26.1 Å². The molecular formula is C13H17N3O2. The third-order valence-electron chi connectivity index (χ3n) is 2.65. The van der Waals surface area contributed by atoms with Gasteiger partial charge in [0.25, 0.3) is 5.89 Å². The Bertz CT molecular complexity index is 523. The minimum atomic E-state index is 0.502. The van der Waals surface area contributed by atoms with E-state index in [0.717, 1.165) is 29.8 Å². The van der Waals surface area contributed by atoms with Crippen LogP contribution in [-0.4, -0.2) is 30.8 Å². The van der Waals surface area contributed by atoms with E-state index in [9.17, 15) is 0 Å². The topological polar surface area (TPSA) is 60.2 Å². The van der Waals surface area contributed by atoms with Gasteiger partial charge in [0.05, 0.1) is 12.7 Å². The van der Waals surface area contributed by atoms with Gasteiger partial charge in [-0.1, -0.05) is 16.8 Å². The highest BCUT2D eigenvalue weighted by Crippen LogP contribution is 2.29. The Morgan fingerprint density at radius 1 is 1.39 bits per heavy atom. The van der Waals surface area contributed by atoms with Crippen LogP contribution >= 0.6 is 0 Å². The average Bonchev–Trinajstić information content (AvgIpc) is 2.85. The molecule has 0 amide bonds. The number of ether oxygens (including phenoxy) is 1. The molecule has 0 atom stereocenters. The molecule has 0 unspecified atom stereocenters. The normalized spacial score (nSPS) is 10.6. The lowest BCUT2D eigenvalue weighted by Crippen LogP contribution is -2.11. The molecule has 18 heavy (non-hydrogen) atoms. The summed E-state index contributed by atoms with van der Waals surface area (Å²) in [7, 11) is 3.52. The van der Waals surface area contributed by atoms with Crippen LogP contribution in [0.5, 0.6) is 5.75 Å². The number of rotatable bonds is 5. The summed E-state index contributed by atoms with van der Waals surface area (Å²) in [4.78, 5) is 4.37. The summed E-state index contributed by atoms with van der Waals surface area (Å²) < 4.78 is 10.6. The van der Waals surface area contributed by atoms with E-state index in [-0.39, 0.29) is 0 Å². The van der Waals surface area contributed by atoms with Gasteiger partial charge in [0.2, 0.25) is 0 Å². The molecule has 5 heteroatoms. The van der Waals surface area contributed by atoms with Gasteiger partial charge in [-0.25, -0.2) is 0 Å². The fraction of sp³-hybridized carbons (Fsp3) is 0.385. The first-order valence-corrected chi connectivity index (χ1v) is 5.87. The molecule has 5 nitrogen and oxygen atoms in total. The van der Waals surface area contributed by atoms with Crippen molar-refractivity contribution in [2.75, 3.05) is 20.7 Å². The van der Waals surface area contributed by atoms with Crippen molar-refractivity contribution in [3.05, 3.63) is 29.6 Å². The summed E-state index contributed by atoms with van der Waals surface area (Å²) in [6.45, 7) is 2.84.